The minimum absolute atomic E-state index is 0.0738. The van der Waals surface area contributed by atoms with Crippen molar-refractivity contribution in [3.05, 3.63) is 27.8 Å². The summed E-state index contributed by atoms with van der Waals surface area (Å²) in [5, 5.41) is 2.98. The average molecular weight is 471 g/mol. The fourth-order valence-electron chi connectivity index (χ4n) is 3.75. The number of cyclic esters (lactones) is 1. The lowest BCUT2D eigenvalue weighted by molar-refractivity contribution is 0.112. The van der Waals surface area contributed by atoms with Gasteiger partial charge in [0.15, 0.2) is 0 Å². The molecule has 1 atom stereocenters. The number of urea groups is 1. The Morgan fingerprint density at radius 2 is 2.00 bits per heavy atom. The SMILES string of the molecule is CC(C)CC1COC(=O)N1C1CCN(C(=O)Nc2ccccc2I)CC1. The molecule has 1 unspecified atom stereocenters. The van der Waals surface area contributed by atoms with Crippen LogP contribution in [0.15, 0.2) is 24.3 Å². The highest BCUT2D eigenvalue weighted by molar-refractivity contribution is 14.1. The number of halogens is 1. The number of hydrogen-bond donors (Lipinski definition) is 1. The average Bonchev–Trinajstić information content (AvgIpc) is 2.96. The Kier molecular flexibility index (Phi) is 6.26. The molecule has 7 heteroatoms. The molecule has 142 valence electrons. The normalized spacial score (nSPS) is 21.2. The smallest absolute Gasteiger partial charge is 0.410 e. The molecule has 2 fully saturated rings. The van der Waals surface area contributed by atoms with Gasteiger partial charge in [0.25, 0.3) is 0 Å². The number of hydrogen-bond acceptors (Lipinski definition) is 3. The number of carbonyl (C=O) groups is 2. The van der Waals surface area contributed by atoms with Gasteiger partial charge in [-0.25, -0.2) is 9.59 Å². The predicted octanol–water partition coefficient (Wildman–Crippen LogP) is 4.15. The molecule has 0 aliphatic carbocycles. The molecule has 2 aliphatic heterocycles. The molecule has 2 aliphatic rings. The molecule has 3 amide bonds. The van der Waals surface area contributed by atoms with E-state index >= 15 is 0 Å². The number of amides is 3. The number of nitrogens with one attached hydrogen (secondary N) is 1. The lowest BCUT2D eigenvalue weighted by Crippen LogP contribution is -2.50. The number of rotatable bonds is 4. The monoisotopic (exact) mass is 471 g/mol. The Hall–Kier alpha value is -1.51. The van der Waals surface area contributed by atoms with Gasteiger partial charge in [0.05, 0.1) is 11.7 Å². The van der Waals surface area contributed by atoms with Gasteiger partial charge in [0, 0.05) is 22.7 Å². The topological polar surface area (TPSA) is 61.9 Å². The van der Waals surface area contributed by atoms with Crippen molar-refractivity contribution in [3.8, 4) is 0 Å². The molecule has 3 rings (SSSR count). The Labute approximate surface area is 168 Å². The maximum atomic E-state index is 12.5. The summed E-state index contributed by atoms with van der Waals surface area (Å²) in [6, 6.07) is 7.99. The third-order valence-corrected chi connectivity index (χ3v) is 5.95. The van der Waals surface area contributed by atoms with Gasteiger partial charge in [-0.2, -0.15) is 0 Å². The summed E-state index contributed by atoms with van der Waals surface area (Å²) in [5.41, 5.74) is 0.834. The van der Waals surface area contributed by atoms with Crippen LogP contribution < -0.4 is 5.32 Å². The molecule has 1 aromatic rings. The van der Waals surface area contributed by atoms with Gasteiger partial charge in [-0.1, -0.05) is 26.0 Å². The summed E-state index contributed by atoms with van der Waals surface area (Å²) >= 11 is 2.22. The third-order valence-electron chi connectivity index (χ3n) is 5.01. The predicted molar refractivity (Wildman–Crippen MR) is 109 cm³/mol. The van der Waals surface area contributed by atoms with E-state index in [1.807, 2.05) is 34.1 Å². The molecule has 0 saturated carbocycles. The van der Waals surface area contributed by atoms with Crippen molar-refractivity contribution in [3.63, 3.8) is 0 Å². The van der Waals surface area contributed by atoms with E-state index in [0.717, 1.165) is 28.5 Å². The molecule has 2 saturated heterocycles. The zero-order valence-corrected chi connectivity index (χ0v) is 17.4. The molecule has 26 heavy (non-hydrogen) atoms. The van der Waals surface area contributed by atoms with Crippen molar-refractivity contribution in [1.82, 2.24) is 9.80 Å². The van der Waals surface area contributed by atoms with E-state index in [-0.39, 0.29) is 24.2 Å². The molecule has 0 spiro atoms. The number of nitrogens with zero attached hydrogens (tertiary/aromatic N) is 2. The second-order valence-electron chi connectivity index (χ2n) is 7.40. The van der Waals surface area contributed by atoms with Gasteiger partial charge in [0.2, 0.25) is 0 Å². The van der Waals surface area contributed by atoms with Crippen molar-refractivity contribution in [2.75, 3.05) is 25.0 Å². The number of benzene rings is 1. The molecule has 2 heterocycles. The van der Waals surface area contributed by atoms with Crippen LogP contribution in [-0.2, 0) is 4.74 Å². The van der Waals surface area contributed by atoms with Crippen LogP contribution in [0.25, 0.3) is 0 Å². The van der Waals surface area contributed by atoms with Gasteiger partial charge in [-0.3, -0.25) is 4.90 Å². The Morgan fingerprint density at radius 3 is 2.65 bits per heavy atom. The summed E-state index contributed by atoms with van der Waals surface area (Å²) in [5.74, 6) is 0.524. The van der Waals surface area contributed by atoms with Crippen molar-refractivity contribution in [2.45, 2.75) is 45.2 Å². The fraction of sp³-hybridized carbons (Fsp3) is 0.579. The van der Waals surface area contributed by atoms with Gasteiger partial charge < -0.3 is 15.0 Å². The van der Waals surface area contributed by atoms with Crippen LogP contribution in [-0.4, -0.2) is 53.7 Å². The zero-order valence-electron chi connectivity index (χ0n) is 15.3. The highest BCUT2D eigenvalue weighted by atomic mass is 127. The van der Waals surface area contributed by atoms with E-state index in [9.17, 15) is 9.59 Å². The number of carbonyl (C=O) groups excluding carboxylic acids is 2. The van der Waals surface area contributed by atoms with E-state index < -0.39 is 0 Å². The van der Waals surface area contributed by atoms with E-state index in [4.69, 9.17) is 4.74 Å². The Balaban J connectivity index is 1.56. The minimum Gasteiger partial charge on any atom is -0.447 e. The number of para-hydroxylation sites is 1. The number of anilines is 1. The fourth-order valence-corrected chi connectivity index (χ4v) is 4.27. The maximum absolute atomic E-state index is 12.5. The molecular weight excluding hydrogens is 445 g/mol. The Bertz CT molecular complexity index is 659. The highest BCUT2D eigenvalue weighted by Crippen LogP contribution is 2.27. The first-order valence-electron chi connectivity index (χ1n) is 9.21. The van der Waals surface area contributed by atoms with E-state index in [1.165, 1.54) is 0 Å². The van der Waals surface area contributed by atoms with Crippen molar-refractivity contribution < 1.29 is 14.3 Å². The summed E-state index contributed by atoms with van der Waals surface area (Å²) in [7, 11) is 0. The molecule has 0 aromatic heterocycles. The highest BCUT2D eigenvalue weighted by Gasteiger charge is 2.39. The quantitative estimate of drug-likeness (QED) is 0.672. The Morgan fingerprint density at radius 1 is 1.31 bits per heavy atom. The number of likely N-dealkylation sites (tertiary alicyclic amines) is 1. The minimum atomic E-state index is -0.197. The standard InChI is InChI=1S/C19H26IN3O3/c1-13(2)11-15-12-26-19(25)23(15)14-7-9-22(10-8-14)18(24)21-17-6-4-3-5-16(17)20/h3-6,13-15H,7-12H2,1-2H3,(H,21,24). The van der Waals surface area contributed by atoms with Gasteiger partial charge in [0.1, 0.15) is 6.61 Å². The molecular formula is C19H26IN3O3. The number of ether oxygens (including phenoxy) is 1. The van der Waals surface area contributed by atoms with Crippen LogP contribution in [0, 0.1) is 9.49 Å². The maximum Gasteiger partial charge on any atom is 0.410 e. The first-order chi connectivity index (χ1) is 12.5. The summed E-state index contributed by atoms with van der Waals surface area (Å²) < 4.78 is 6.31. The molecule has 6 nitrogen and oxygen atoms in total. The van der Waals surface area contributed by atoms with Crippen LogP contribution in [0.4, 0.5) is 15.3 Å². The third kappa shape index (κ3) is 4.42. The van der Waals surface area contributed by atoms with Gasteiger partial charge in [-0.05, 0) is 59.9 Å². The lowest BCUT2D eigenvalue weighted by Gasteiger charge is -2.38. The molecule has 1 N–H and O–H groups in total. The largest absolute Gasteiger partial charge is 0.447 e. The number of piperidine rings is 1. The summed E-state index contributed by atoms with van der Waals surface area (Å²) in [4.78, 5) is 28.5. The summed E-state index contributed by atoms with van der Waals surface area (Å²) in [6.07, 6.45) is 2.35. The van der Waals surface area contributed by atoms with Crippen molar-refractivity contribution >= 4 is 40.4 Å². The van der Waals surface area contributed by atoms with Crippen LogP contribution in [0.5, 0.6) is 0 Å². The second kappa shape index (κ2) is 8.45. The first-order valence-corrected chi connectivity index (χ1v) is 10.3. The zero-order chi connectivity index (χ0) is 18.7. The molecule has 1 aromatic carbocycles. The van der Waals surface area contributed by atoms with E-state index in [0.29, 0.717) is 25.6 Å². The lowest BCUT2D eigenvalue weighted by atomic mass is 9.98. The molecule has 0 bridgehead atoms. The van der Waals surface area contributed by atoms with Crippen LogP contribution in [0.1, 0.15) is 33.1 Å². The van der Waals surface area contributed by atoms with Gasteiger partial charge >= 0.3 is 12.1 Å². The summed E-state index contributed by atoms with van der Waals surface area (Å²) in [6.45, 7) is 6.12. The van der Waals surface area contributed by atoms with Crippen LogP contribution in [0.3, 0.4) is 0 Å². The van der Waals surface area contributed by atoms with E-state index in [2.05, 4.69) is 41.8 Å². The van der Waals surface area contributed by atoms with Crippen molar-refractivity contribution in [2.24, 2.45) is 5.92 Å². The van der Waals surface area contributed by atoms with Crippen molar-refractivity contribution in [1.29, 1.82) is 0 Å². The van der Waals surface area contributed by atoms with Crippen LogP contribution >= 0.6 is 22.6 Å². The van der Waals surface area contributed by atoms with Gasteiger partial charge in [-0.15, -0.1) is 0 Å². The van der Waals surface area contributed by atoms with Crippen LogP contribution in [0.2, 0.25) is 0 Å². The molecule has 0 radical (unpaired) electrons. The first kappa shape index (κ1) is 19.3. The van der Waals surface area contributed by atoms with E-state index in [1.54, 1.807) is 0 Å². The second-order valence-corrected chi connectivity index (χ2v) is 8.56.